The zero-order chi connectivity index (χ0) is 17.7. The van der Waals surface area contributed by atoms with Crippen LogP contribution in [0, 0.1) is 23.7 Å². The van der Waals surface area contributed by atoms with Gasteiger partial charge in [0.15, 0.2) is 6.61 Å². The van der Waals surface area contributed by atoms with E-state index in [1.807, 2.05) is 0 Å². The van der Waals surface area contributed by atoms with E-state index < -0.39 is 30.3 Å². The molecule has 0 spiro atoms. The van der Waals surface area contributed by atoms with Gasteiger partial charge in [0.05, 0.1) is 27.4 Å². The first-order valence-electron chi connectivity index (χ1n) is 8.03. The highest BCUT2D eigenvalue weighted by atomic mass is 79.9. The van der Waals surface area contributed by atoms with Crippen LogP contribution in [0.5, 0.6) is 0 Å². The molecule has 4 rings (SSSR count). The van der Waals surface area contributed by atoms with Crippen molar-refractivity contribution in [2.24, 2.45) is 23.7 Å². The first-order valence-corrected chi connectivity index (χ1v) is 9.32. The Labute approximate surface area is 157 Å². The van der Waals surface area contributed by atoms with E-state index in [9.17, 15) is 14.4 Å². The van der Waals surface area contributed by atoms with Crippen LogP contribution in [-0.2, 0) is 23.9 Å². The number of hydrogen-bond acceptors (Lipinski definition) is 5. The lowest BCUT2D eigenvalue weighted by atomic mass is 9.80. The van der Waals surface area contributed by atoms with Gasteiger partial charge in [0.2, 0.25) is 0 Å². The van der Waals surface area contributed by atoms with Gasteiger partial charge in [0, 0.05) is 5.92 Å². The number of halogens is 2. The maximum absolute atomic E-state index is 12.5. The average molecular weight is 429 g/mol. The van der Waals surface area contributed by atoms with Crippen molar-refractivity contribution in [3.63, 3.8) is 0 Å². The largest absolute Gasteiger partial charge is 0.461 e. The minimum absolute atomic E-state index is 0.00517. The SMILES string of the molecule is O=C(COC(=O)[C@@H]1[C@H]2C[C@H]3[C@H](OC(=O)[C@H]31)[C@H]2Br)Nc1ccccc1Cl. The molecule has 8 heteroatoms. The van der Waals surface area contributed by atoms with Gasteiger partial charge in [0.25, 0.3) is 5.91 Å². The summed E-state index contributed by atoms with van der Waals surface area (Å²) < 4.78 is 10.5. The van der Waals surface area contributed by atoms with Gasteiger partial charge >= 0.3 is 11.9 Å². The summed E-state index contributed by atoms with van der Waals surface area (Å²) in [6.45, 7) is -0.421. The molecule has 2 bridgehead atoms. The second-order valence-corrected chi connectivity index (χ2v) is 8.06. The Balaban J connectivity index is 1.37. The summed E-state index contributed by atoms with van der Waals surface area (Å²) in [5.74, 6) is -2.25. The zero-order valence-corrected chi connectivity index (χ0v) is 15.3. The van der Waals surface area contributed by atoms with E-state index in [4.69, 9.17) is 21.1 Å². The Hall–Kier alpha value is -1.60. The fourth-order valence-electron chi connectivity index (χ4n) is 4.28. The Bertz CT molecular complexity index is 756. The van der Waals surface area contributed by atoms with Crippen molar-refractivity contribution in [3.8, 4) is 0 Å². The number of nitrogens with one attached hydrogen (secondary N) is 1. The molecule has 3 fully saturated rings. The normalized spacial score (nSPS) is 34.7. The number of anilines is 1. The van der Waals surface area contributed by atoms with E-state index in [1.54, 1.807) is 24.3 Å². The van der Waals surface area contributed by atoms with Crippen LogP contribution >= 0.6 is 27.5 Å². The van der Waals surface area contributed by atoms with Gasteiger partial charge < -0.3 is 14.8 Å². The molecule has 0 radical (unpaired) electrons. The van der Waals surface area contributed by atoms with Crippen LogP contribution < -0.4 is 5.32 Å². The van der Waals surface area contributed by atoms with Gasteiger partial charge in [-0.25, -0.2) is 0 Å². The molecule has 2 aliphatic carbocycles. The maximum atomic E-state index is 12.5. The monoisotopic (exact) mass is 427 g/mol. The third kappa shape index (κ3) is 2.73. The molecule has 1 amide bonds. The predicted octanol–water partition coefficient (Wildman–Crippen LogP) is 2.39. The molecule has 6 nitrogen and oxygen atoms in total. The highest BCUT2D eigenvalue weighted by molar-refractivity contribution is 9.09. The summed E-state index contributed by atoms with van der Waals surface area (Å²) >= 11 is 9.51. The van der Waals surface area contributed by atoms with Gasteiger partial charge in [-0.05, 0) is 24.5 Å². The van der Waals surface area contributed by atoms with E-state index in [1.165, 1.54) is 0 Å². The summed E-state index contributed by atoms with van der Waals surface area (Å²) in [5, 5.41) is 2.99. The second kappa shape index (κ2) is 6.29. The number of alkyl halides is 1. The molecule has 25 heavy (non-hydrogen) atoms. The minimum Gasteiger partial charge on any atom is -0.461 e. The Morgan fingerprint density at radius 3 is 2.84 bits per heavy atom. The molecule has 0 unspecified atom stereocenters. The van der Waals surface area contributed by atoms with Gasteiger partial charge in [0.1, 0.15) is 6.10 Å². The quantitative estimate of drug-likeness (QED) is 0.588. The molecule has 1 aromatic rings. The number of benzene rings is 1. The van der Waals surface area contributed by atoms with E-state index >= 15 is 0 Å². The molecule has 6 atom stereocenters. The van der Waals surface area contributed by atoms with E-state index in [0.29, 0.717) is 10.7 Å². The highest BCUT2D eigenvalue weighted by Gasteiger charge is 2.68. The number of rotatable bonds is 4. The first-order chi connectivity index (χ1) is 12.0. The van der Waals surface area contributed by atoms with Crippen LogP contribution in [0.15, 0.2) is 24.3 Å². The smallest absolute Gasteiger partial charge is 0.310 e. The van der Waals surface area contributed by atoms with Crippen molar-refractivity contribution in [3.05, 3.63) is 29.3 Å². The number of carbonyl (C=O) groups excluding carboxylic acids is 3. The summed E-state index contributed by atoms with van der Waals surface area (Å²) in [7, 11) is 0. The van der Waals surface area contributed by atoms with Crippen molar-refractivity contribution in [2.45, 2.75) is 17.4 Å². The lowest BCUT2D eigenvalue weighted by molar-refractivity contribution is -0.157. The number of ether oxygens (including phenoxy) is 2. The van der Waals surface area contributed by atoms with Crippen LogP contribution in [0.25, 0.3) is 0 Å². The summed E-state index contributed by atoms with van der Waals surface area (Å²) in [5.41, 5.74) is 0.452. The Kier molecular flexibility index (Phi) is 4.24. The fourth-order valence-corrected chi connectivity index (χ4v) is 5.50. The third-order valence-corrected chi connectivity index (χ3v) is 6.82. The van der Waals surface area contributed by atoms with Crippen LogP contribution in [0.1, 0.15) is 6.42 Å². The van der Waals surface area contributed by atoms with E-state index in [2.05, 4.69) is 21.2 Å². The van der Waals surface area contributed by atoms with E-state index in [0.717, 1.165) is 6.42 Å². The van der Waals surface area contributed by atoms with Crippen LogP contribution in [0.3, 0.4) is 0 Å². The highest BCUT2D eigenvalue weighted by Crippen LogP contribution is 2.60. The second-order valence-electron chi connectivity index (χ2n) is 6.60. The number of fused-ring (bicyclic) bond motifs is 1. The third-order valence-electron chi connectivity index (χ3n) is 5.29. The summed E-state index contributed by atoms with van der Waals surface area (Å²) in [6, 6.07) is 6.79. The molecule has 0 aromatic heterocycles. The predicted molar refractivity (Wildman–Crippen MR) is 92.2 cm³/mol. The number of carbonyl (C=O) groups is 3. The lowest BCUT2D eigenvalue weighted by Crippen LogP contribution is -2.39. The molecule has 1 aliphatic heterocycles. The van der Waals surface area contributed by atoms with Crippen LogP contribution in [-0.4, -0.2) is 35.4 Å². The van der Waals surface area contributed by atoms with Crippen molar-refractivity contribution < 1.29 is 23.9 Å². The fraction of sp³-hybridized carbons (Fsp3) is 0.471. The maximum Gasteiger partial charge on any atom is 0.310 e. The van der Waals surface area contributed by atoms with E-state index in [-0.39, 0.29) is 28.7 Å². The molecule has 1 aromatic carbocycles. The number of hydrogen-bond donors (Lipinski definition) is 1. The molecule has 2 saturated carbocycles. The van der Waals surface area contributed by atoms with Crippen LogP contribution in [0.2, 0.25) is 5.02 Å². The molecule has 1 N–H and O–H groups in total. The standard InChI is InChI=1S/C17H15BrClNO5/c18-14-7-5-8-13(17(23)25-15(8)14)12(7)16(22)24-6-11(21)20-10-4-2-1-3-9(10)19/h1-4,7-8,12-15H,5-6H2,(H,20,21)/t7-,8-,12-,13-,14+,15+/m1/s1. The number of para-hydroxylation sites is 1. The van der Waals surface area contributed by atoms with Gasteiger partial charge in [-0.1, -0.05) is 39.7 Å². The molecule has 3 aliphatic rings. The van der Waals surface area contributed by atoms with Crippen molar-refractivity contribution in [1.82, 2.24) is 0 Å². The van der Waals surface area contributed by atoms with Crippen molar-refractivity contribution in [1.29, 1.82) is 0 Å². The first kappa shape index (κ1) is 16.8. The summed E-state index contributed by atoms with van der Waals surface area (Å²) in [6.07, 6.45) is 0.623. The number of amides is 1. The average Bonchev–Trinajstić information content (AvgIpc) is 3.19. The molecule has 132 valence electrons. The molecular formula is C17H15BrClNO5. The van der Waals surface area contributed by atoms with Crippen molar-refractivity contribution >= 4 is 51.1 Å². The summed E-state index contributed by atoms with van der Waals surface area (Å²) in [4.78, 5) is 36.5. The minimum atomic E-state index is -0.547. The zero-order valence-electron chi connectivity index (χ0n) is 13.0. The van der Waals surface area contributed by atoms with Crippen molar-refractivity contribution in [2.75, 3.05) is 11.9 Å². The molecule has 1 heterocycles. The number of esters is 2. The lowest BCUT2D eigenvalue weighted by Gasteiger charge is -2.26. The Morgan fingerprint density at radius 2 is 2.08 bits per heavy atom. The molecule has 1 saturated heterocycles. The topological polar surface area (TPSA) is 81.7 Å². The van der Waals surface area contributed by atoms with Crippen LogP contribution in [0.4, 0.5) is 5.69 Å². The molecular weight excluding hydrogens is 414 g/mol. The van der Waals surface area contributed by atoms with Gasteiger partial charge in [-0.3, -0.25) is 14.4 Å². The van der Waals surface area contributed by atoms with Gasteiger partial charge in [-0.15, -0.1) is 0 Å². The van der Waals surface area contributed by atoms with Gasteiger partial charge in [-0.2, -0.15) is 0 Å². The Morgan fingerprint density at radius 1 is 1.32 bits per heavy atom.